The third-order valence-corrected chi connectivity index (χ3v) is 4.97. The van der Waals surface area contributed by atoms with Gasteiger partial charge in [0.15, 0.2) is 0 Å². The predicted octanol–water partition coefficient (Wildman–Crippen LogP) is 4.07. The van der Waals surface area contributed by atoms with Crippen molar-refractivity contribution in [1.82, 2.24) is 5.32 Å². The first-order chi connectivity index (χ1) is 8.24. The van der Waals surface area contributed by atoms with Gasteiger partial charge in [-0.2, -0.15) is 0 Å². The number of piperidine rings is 1. The van der Waals surface area contributed by atoms with Crippen LogP contribution in [0.5, 0.6) is 0 Å². The van der Waals surface area contributed by atoms with Gasteiger partial charge in [-0.25, -0.2) is 0 Å². The molecule has 2 aromatic rings. The first-order valence-corrected chi connectivity index (χ1v) is 7.33. The molecule has 0 unspecified atom stereocenters. The first-order valence-electron chi connectivity index (χ1n) is 6.45. The molecule has 0 aliphatic carbocycles. The van der Waals surface area contributed by atoms with Gasteiger partial charge in [-0.05, 0) is 73.2 Å². The Bertz CT molecular complexity index is 529. The van der Waals surface area contributed by atoms with Gasteiger partial charge in [0.2, 0.25) is 0 Å². The standard InChI is InChI=1S/C15H19NS/c1-10-9-17-15-4-3-12(8-14(10)15)13-5-6-16-11(2)7-13/h3-4,8-9,11,13,16H,5-7H2,1-2H3/t11-,13-/m1/s1. The molecular weight excluding hydrogens is 226 g/mol. The number of benzene rings is 1. The molecule has 1 N–H and O–H groups in total. The van der Waals surface area contributed by atoms with Crippen molar-refractivity contribution in [2.45, 2.75) is 38.6 Å². The lowest BCUT2D eigenvalue weighted by molar-refractivity contribution is 0.381. The summed E-state index contributed by atoms with van der Waals surface area (Å²) in [5.41, 5.74) is 2.96. The molecule has 1 aliphatic rings. The third-order valence-electron chi connectivity index (χ3n) is 3.89. The summed E-state index contributed by atoms with van der Waals surface area (Å²) >= 11 is 1.86. The average Bonchev–Trinajstić information content (AvgIpc) is 2.71. The maximum absolute atomic E-state index is 3.53. The van der Waals surface area contributed by atoms with Crippen LogP contribution in [0.2, 0.25) is 0 Å². The molecule has 0 radical (unpaired) electrons. The minimum Gasteiger partial charge on any atom is -0.314 e. The zero-order valence-electron chi connectivity index (χ0n) is 10.5. The van der Waals surface area contributed by atoms with Crippen LogP contribution in [0.1, 0.15) is 36.8 Å². The summed E-state index contributed by atoms with van der Waals surface area (Å²) in [4.78, 5) is 0. The average molecular weight is 245 g/mol. The van der Waals surface area contributed by atoms with E-state index in [0.29, 0.717) is 6.04 Å². The molecule has 0 bridgehead atoms. The van der Waals surface area contributed by atoms with Crippen LogP contribution in [-0.2, 0) is 0 Å². The lowest BCUT2D eigenvalue weighted by Crippen LogP contribution is -2.34. The summed E-state index contributed by atoms with van der Waals surface area (Å²) in [7, 11) is 0. The van der Waals surface area contributed by atoms with Gasteiger partial charge in [-0.15, -0.1) is 11.3 Å². The molecule has 2 atom stereocenters. The van der Waals surface area contributed by atoms with Gasteiger partial charge in [0.25, 0.3) is 0 Å². The molecule has 1 aromatic heterocycles. The highest BCUT2D eigenvalue weighted by molar-refractivity contribution is 7.17. The van der Waals surface area contributed by atoms with Crippen molar-refractivity contribution >= 4 is 21.4 Å². The number of hydrogen-bond donors (Lipinski definition) is 1. The van der Waals surface area contributed by atoms with Crippen molar-refractivity contribution in [1.29, 1.82) is 0 Å². The Morgan fingerprint density at radius 3 is 3.06 bits per heavy atom. The fraction of sp³-hybridized carbons (Fsp3) is 0.467. The summed E-state index contributed by atoms with van der Waals surface area (Å²) in [5, 5.41) is 7.25. The topological polar surface area (TPSA) is 12.0 Å². The normalized spacial score (nSPS) is 25.3. The Labute approximate surface area is 107 Å². The summed E-state index contributed by atoms with van der Waals surface area (Å²) in [6.07, 6.45) is 2.55. The molecular formula is C15H19NS. The van der Waals surface area contributed by atoms with Gasteiger partial charge in [-0.3, -0.25) is 0 Å². The smallest absolute Gasteiger partial charge is 0.0345 e. The van der Waals surface area contributed by atoms with Gasteiger partial charge < -0.3 is 5.32 Å². The van der Waals surface area contributed by atoms with E-state index in [1.54, 1.807) is 0 Å². The van der Waals surface area contributed by atoms with Gasteiger partial charge in [-0.1, -0.05) is 6.07 Å². The van der Waals surface area contributed by atoms with Crippen molar-refractivity contribution in [3.63, 3.8) is 0 Å². The summed E-state index contributed by atoms with van der Waals surface area (Å²) in [5.74, 6) is 0.745. The molecule has 17 heavy (non-hydrogen) atoms. The highest BCUT2D eigenvalue weighted by Gasteiger charge is 2.20. The van der Waals surface area contributed by atoms with Gasteiger partial charge in [0, 0.05) is 10.7 Å². The zero-order chi connectivity index (χ0) is 11.8. The van der Waals surface area contributed by atoms with Crippen LogP contribution in [0.4, 0.5) is 0 Å². The minimum atomic E-state index is 0.660. The molecule has 0 saturated carbocycles. The zero-order valence-corrected chi connectivity index (χ0v) is 11.3. The van der Waals surface area contributed by atoms with Crippen molar-refractivity contribution in [2.24, 2.45) is 0 Å². The van der Waals surface area contributed by atoms with Crippen LogP contribution in [-0.4, -0.2) is 12.6 Å². The number of aryl methyl sites for hydroxylation is 1. The summed E-state index contributed by atoms with van der Waals surface area (Å²) in [6, 6.07) is 7.72. The molecule has 90 valence electrons. The highest BCUT2D eigenvalue weighted by Crippen LogP contribution is 2.32. The van der Waals surface area contributed by atoms with E-state index in [4.69, 9.17) is 0 Å². The fourth-order valence-corrected chi connectivity index (χ4v) is 3.79. The molecule has 0 amide bonds. The predicted molar refractivity (Wildman–Crippen MR) is 76.0 cm³/mol. The quantitative estimate of drug-likeness (QED) is 0.798. The molecule has 2 heteroatoms. The summed E-state index contributed by atoms with van der Waals surface area (Å²) < 4.78 is 1.42. The van der Waals surface area contributed by atoms with E-state index in [0.717, 1.165) is 12.5 Å². The Kier molecular flexibility index (Phi) is 2.93. The molecule has 0 spiro atoms. The van der Waals surface area contributed by atoms with Gasteiger partial charge in [0.1, 0.15) is 0 Å². The largest absolute Gasteiger partial charge is 0.314 e. The Balaban J connectivity index is 1.96. The van der Waals surface area contributed by atoms with E-state index in [1.165, 1.54) is 34.1 Å². The van der Waals surface area contributed by atoms with E-state index >= 15 is 0 Å². The van der Waals surface area contributed by atoms with Gasteiger partial charge >= 0.3 is 0 Å². The second kappa shape index (κ2) is 4.43. The van der Waals surface area contributed by atoms with E-state index in [1.807, 2.05) is 11.3 Å². The van der Waals surface area contributed by atoms with Crippen LogP contribution in [0.25, 0.3) is 10.1 Å². The number of thiophene rings is 1. The number of fused-ring (bicyclic) bond motifs is 1. The van der Waals surface area contributed by atoms with Gasteiger partial charge in [0.05, 0.1) is 0 Å². The van der Waals surface area contributed by atoms with Crippen molar-refractivity contribution in [2.75, 3.05) is 6.54 Å². The monoisotopic (exact) mass is 245 g/mol. The molecule has 1 aromatic carbocycles. The minimum absolute atomic E-state index is 0.660. The molecule has 1 fully saturated rings. The molecule has 1 saturated heterocycles. The lowest BCUT2D eigenvalue weighted by atomic mass is 9.86. The number of rotatable bonds is 1. The van der Waals surface area contributed by atoms with Crippen LogP contribution >= 0.6 is 11.3 Å². The molecule has 1 nitrogen and oxygen atoms in total. The first kappa shape index (κ1) is 11.2. The third kappa shape index (κ3) is 2.12. The molecule has 1 aliphatic heterocycles. The van der Waals surface area contributed by atoms with Crippen molar-refractivity contribution in [3.8, 4) is 0 Å². The fourth-order valence-electron chi connectivity index (χ4n) is 2.86. The van der Waals surface area contributed by atoms with Crippen LogP contribution < -0.4 is 5.32 Å². The van der Waals surface area contributed by atoms with Crippen molar-refractivity contribution < 1.29 is 0 Å². The maximum atomic E-state index is 3.53. The second-order valence-electron chi connectivity index (χ2n) is 5.25. The Morgan fingerprint density at radius 2 is 2.24 bits per heavy atom. The van der Waals surface area contributed by atoms with E-state index < -0.39 is 0 Å². The SMILES string of the molecule is Cc1csc2ccc([C@@H]3CCN[C@H](C)C3)cc12. The second-order valence-corrected chi connectivity index (χ2v) is 6.16. The lowest BCUT2D eigenvalue weighted by Gasteiger charge is -2.28. The van der Waals surface area contributed by atoms with Crippen LogP contribution in [0, 0.1) is 6.92 Å². The highest BCUT2D eigenvalue weighted by atomic mass is 32.1. The van der Waals surface area contributed by atoms with E-state index in [-0.39, 0.29) is 0 Å². The van der Waals surface area contributed by atoms with E-state index in [2.05, 4.69) is 42.7 Å². The van der Waals surface area contributed by atoms with E-state index in [9.17, 15) is 0 Å². The van der Waals surface area contributed by atoms with Crippen LogP contribution in [0.15, 0.2) is 23.6 Å². The Hall–Kier alpha value is -0.860. The maximum Gasteiger partial charge on any atom is 0.0345 e. The number of nitrogens with one attached hydrogen (secondary N) is 1. The van der Waals surface area contributed by atoms with Crippen LogP contribution in [0.3, 0.4) is 0 Å². The molecule has 3 rings (SSSR count). The van der Waals surface area contributed by atoms with Crippen molar-refractivity contribution in [3.05, 3.63) is 34.7 Å². The molecule has 2 heterocycles. The number of hydrogen-bond acceptors (Lipinski definition) is 2. The Morgan fingerprint density at radius 1 is 1.35 bits per heavy atom. The summed E-state index contributed by atoms with van der Waals surface area (Å²) in [6.45, 7) is 5.67.